The summed E-state index contributed by atoms with van der Waals surface area (Å²) < 4.78 is 1.72. The number of amides is 1. The molecular formula is C9H13N3O3. The Morgan fingerprint density at radius 2 is 2.33 bits per heavy atom. The number of aromatic nitrogens is 2. The molecule has 1 aromatic rings. The first-order valence-corrected chi connectivity index (χ1v) is 4.46. The maximum absolute atomic E-state index is 10.8. The molecule has 2 N–H and O–H groups in total. The number of nitrogens with one attached hydrogen (secondary N) is 1. The van der Waals surface area contributed by atoms with Gasteiger partial charge in [0.15, 0.2) is 0 Å². The molecule has 6 heteroatoms. The van der Waals surface area contributed by atoms with Crippen molar-refractivity contribution in [2.24, 2.45) is 7.05 Å². The number of carboxylic acids is 1. The van der Waals surface area contributed by atoms with Gasteiger partial charge in [-0.05, 0) is 0 Å². The van der Waals surface area contributed by atoms with E-state index in [1.165, 1.54) is 6.92 Å². The zero-order chi connectivity index (χ0) is 11.4. The standard InChI is InChI=1S/C9H13N3O3/c1-6(13)11-8(9(14)15)3-7-4-12(2)5-10-7/h4-5,8H,3H2,1-2H3,(H,11,13)(H,14,15)/t8-/m0/s1. The van der Waals surface area contributed by atoms with Gasteiger partial charge in [-0.3, -0.25) is 4.79 Å². The van der Waals surface area contributed by atoms with E-state index in [0.717, 1.165) is 0 Å². The largest absolute Gasteiger partial charge is 0.480 e. The third-order valence-corrected chi connectivity index (χ3v) is 1.85. The molecule has 1 amide bonds. The molecule has 82 valence electrons. The molecule has 1 rings (SSSR count). The summed E-state index contributed by atoms with van der Waals surface area (Å²) in [7, 11) is 1.80. The van der Waals surface area contributed by atoms with E-state index in [9.17, 15) is 9.59 Å². The average Bonchev–Trinajstić information content (AvgIpc) is 2.49. The second-order valence-electron chi connectivity index (χ2n) is 3.33. The van der Waals surface area contributed by atoms with E-state index in [4.69, 9.17) is 5.11 Å². The van der Waals surface area contributed by atoms with Gasteiger partial charge in [0.05, 0.1) is 12.0 Å². The highest BCUT2D eigenvalue weighted by molar-refractivity contribution is 5.82. The lowest BCUT2D eigenvalue weighted by molar-refractivity contribution is -0.141. The van der Waals surface area contributed by atoms with Crippen LogP contribution in [0.5, 0.6) is 0 Å². The maximum Gasteiger partial charge on any atom is 0.326 e. The van der Waals surface area contributed by atoms with Gasteiger partial charge in [0, 0.05) is 26.6 Å². The number of aliphatic carboxylic acids is 1. The molecule has 1 atom stereocenters. The molecule has 0 aliphatic rings. The van der Waals surface area contributed by atoms with Crippen LogP contribution < -0.4 is 5.32 Å². The summed E-state index contributed by atoms with van der Waals surface area (Å²) in [6, 6.07) is -0.919. The zero-order valence-corrected chi connectivity index (χ0v) is 8.60. The van der Waals surface area contributed by atoms with Gasteiger partial charge in [-0.15, -0.1) is 0 Å². The molecule has 0 fully saturated rings. The number of carbonyl (C=O) groups is 2. The topological polar surface area (TPSA) is 84.2 Å². The number of carbonyl (C=O) groups excluding carboxylic acids is 1. The van der Waals surface area contributed by atoms with Gasteiger partial charge in [-0.25, -0.2) is 9.78 Å². The lowest BCUT2D eigenvalue weighted by Gasteiger charge is -2.11. The number of imidazole rings is 1. The Balaban J connectivity index is 2.66. The van der Waals surface area contributed by atoms with Crippen molar-refractivity contribution in [1.82, 2.24) is 14.9 Å². The Labute approximate surface area is 86.9 Å². The third kappa shape index (κ3) is 3.41. The summed E-state index contributed by atoms with van der Waals surface area (Å²) in [6.07, 6.45) is 3.50. The van der Waals surface area contributed by atoms with E-state index in [1.54, 1.807) is 24.1 Å². The second-order valence-corrected chi connectivity index (χ2v) is 3.33. The molecule has 0 saturated heterocycles. The van der Waals surface area contributed by atoms with Gasteiger partial charge >= 0.3 is 5.97 Å². The lowest BCUT2D eigenvalue weighted by Crippen LogP contribution is -2.41. The van der Waals surface area contributed by atoms with E-state index < -0.39 is 12.0 Å². The number of hydrogen-bond donors (Lipinski definition) is 2. The Kier molecular flexibility index (Phi) is 3.43. The maximum atomic E-state index is 10.8. The van der Waals surface area contributed by atoms with Gasteiger partial charge in [0.2, 0.25) is 5.91 Å². The van der Waals surface area contributed by atoms with Crippen molar-refractivity contribution in [3.63, 3.8) is 0 Å². The predicted molar refractivity (Wildman–Crippen MR) is 52.2 cm³/mol. The van der Waals surface area contributed by atoms with Crippen LogP contribution in [-0.4, -0.2) is 32.6 Å². The highest BCUT2D eigenvalue weighted by atomic mass is 16.4. The van der Waals surface area contributed by atoms with Crippen LogP contribution in [0, 0.1) is 0 Å². The number of hydrogen-bond acceptors (Lipinski definition) is 3. The molecule has 0 spiro atoms. The molecule has 0 aliphatic carbocycles. The SMILES string of the molecule is CC(=O)N[C@@H](Cc1cn(C)cn1)C(=O)O. The van der Waals surface area contributed by atoms with Crippen molar-refractivity contribution in [3.8, 4) is 0 Å². The van der Waals surface area contributed by atoms with Crippen LogP contribution in [0.25, 0.3) is 0 Å². The van der Waals surface area contributed by atoms with Gasteiger partial charge in [-0.2, -0.15) is 0 Å². The molecule has 1 heterocycles. The second kappa shape index (κ2) is 4.59. The van der Waals surface area contributed by atoms with Crippen LogP contribution >= 0.6 is 0 Å². The van der Waals surface area contributed by atoms with E-state index in [-0.39, 0.29) is 12.3 Å². The molecule has 0 bridgehead atoms. The Morgan fingerprint density at radius 3 is 2.73 bits per heavy atom. The average molecular weight is 211 g/mol. The minimum atomic E-state index is -1.06. The fourth-order valence-electron chi connectivity index (χ4n) is 1.23. The molecule has 6 nitrogen and oxygen atoms in total. The van der Waals surface area contributed by atoms with E-state index in [1.807, 2.05) is 0 Å². The highest BCUT2D eigenvalue weighted by Crippen LogP contribution is 2.00. The van der Waals surface area contributed by atoms with Gasteiger partial charge < -0.3 is 15.0 Å². The van der Waals surface area contributed by atoms with Crippen LogP contribution in [0.15, 0.2) is 12.5 Å². The molecule has 0 aliphatic heterocycles. The molecule has 0 saturated carbocycles. The van der Waals surface area contributed by atoms with E-state index in [2.05, 4.69) is 10.3 Å². The fourth-order valence-corrected chi connectivity index (χ4v) is 1.23. The van der Waals surface area contributed by atoms with E-state index >= 15 is 0 Å². The summed E-state index contributed by atoms with van der Waals surface area (Å²) in [5.41, 5.74) is 0.638. The monoisotopic (exact) mass is 211 g/mol. The molecule has 0 aromatic carbocycles. The van der Waals surface area contributed by atoms with Crippen LogP contribution in [0.2, 0.25) is 0 Å². The number of aryl methyl sites for hydroxylation is 1. The number of nitrogens with zero attached hydrogens (tertiary/aromatic N) is 2. The normalized spacial score (nSPS) is 12.1. The summed E-state index contributed by atoms with van der Waals surface area (Å²) in [6.45, 7) is 1.29. The number of carboxylic acid groups (broad SMARTS) is 1. The Morgan fingerprint density at radius 1 is 1.67 bits per heavy atom. The summed E-state index contributed by atoms with van der Waals surface area (Å²) in [4.78, 5) is 25.5. The lowest BCUT2D eigenvalue weighted by atomic mass is 10.1. The minimum Gasteiger partial charge on any atom is -0.480 e. The summed E-state index contributed by atoms with van der Waals surface area (Å²) in [5, 5.41) is 11.2. The molecule has 1 aromatic heterocycles. The minimum absolute atomic E-state index is 0.190. The van der Waals surface area contributed by atoms with Crippen molar-refractivity contribution < 1.29 is 14.7 Å². The van der Waals surface area contributed by atoms with Crippen molar-refractivity contribution in [3.05, 3.63) is 18.2 Å². The smallest absolute Gasteiger partial charge is 0.326 e. The molecular weight excluding hydrogens is 198 g/mol. The van der Waals surface area contributed by atoms with Gasteiger partial charge in [0.25, 0.3) is 0 Å². The number of rotatable bonds is 4. The van der Waals surface area contributed by atoms with Gasteiger partial charge in [-0.1, -0.05) is 0 Å². The fraction of sp³-hybridized carbons (Fsp3) is 0.444. The van der Waals surface area contributed by atoms with Crippen molar-refractivity contribution >= 4 is 11.9 Å². The zero-order valence-electron chi connectivity index (χ0n) is 8.60. The first-order chi connectivity index (χ1) is 6.99. The molecule has 15 heavy (non-hydrogen) atoms. The summed E-state index contributed by atoms with van der Waals surface area (Å²) in [5.74, 6) is -1.42. The quantitative estimate of drug-likeness (QED) is 0.706. The van der Waals surface area contributed by atoms with Crippen LogP contribution in [-0.2, 0) is 23.1 Å². The first kappa shape index (κ1) is 11.2. The van der Waals surface area contributed by atoms with Gasteiger partial charge in [0.1, 0.15) is 6.04 Å². The van der Waals surface area contributed by atoms with Crippen LogP contribution in [0.1, 0.15) is 12.6 Å². The van der Waals surface area contributed by atoms with Crippen molar-refractivity contribution in [1.29, 1.82) is 0 Å². The van der Waals surface area contributed by atoms with Crippen molar-refractivity contribution in [2.75, 3.05) is 0 Å². The Hall–Kier alpha value is -1.85. The third-order valence-electron chi connectivity index (χ3n) is 1.85. The van der Waals surface area contributed by atoms with Crippen LogP contribution in [0.4, 0.5) is 0 Å². The highest BCUT2D eigenvalue weighted by Gasteiger charge is 2.19. The van der Waals surface area contributed by atoms with E-state index in [0.29, 0.717) is 5.69 Å². The molecule has 0 radical (unpaired) electrons. The Bertz CT molecular complexity index is 372. The first-order valence-electron chi connectivity index (χ1n) is 4.46. The van der Waals surface area contributed by atoms with Crippen molar-refractivity contribution in [2.45, 2.75) is 19.4 Å². The van der Waals surface area contributed by atoms with Crippen LogP contribution in [0.3, 0.4) is 0 Å². The molecule has 0 unspecified atom stereocenters. The summed E-state index contributed by atoms with van der Waals surface area (Å²) >= 11 is 0. The predicted octanol–water partition coefficient (Wildman–Crippen LogP) is -0.448.